The Bertz CT molecular complexity index is 2230. The molecular weight excluding hydrogens is 588 g/mol. The third-order valence-electron chi connectivity index (χ3n) is 7.79. The Balaban J connectivity index is 1.35. The van der Waals surface area contributed by atoms with Crippen molar-refractivity contribution in [3.05, 3.63) is 168 Å². The van der Waals surface area contributed by atoms with E-state index in [0.29, 0.717) is 37.9 Å². The number of anilines is 1. The van der Waals surface area contributed by atoms with Crippen molar-refractivity contribution in [3.8, 4) is 0 Å². The van der Waals surface area contributed by atoms with Crippen LogP contribution in [0, 0.1) is 0 Å². The van der Waals surface area contributed by atoms with Crippen LogP contribution < -0.4 is 20.2 Å². The van der Waals surface area contributed by atoms with Gasteiger partial charge < -0.3 is 9.88 Å². The largest absolute Gasteiger partial charge is 0.342 e. The van der Waals surface area contributed by atoms with Crippen LogP contribution in [0.3, 0.4) is 0 Å². The number of nitrogens with one attached hydrogen (secondary N) is 1. The fraction of sp³-hybridized carbons (Fsp3) is 0.0833. The summed E-state index contributed by atoms with van der Waals surface area (Å²) in [6.07, 6.45) is 4.02. The molecule has 44 heavy (non-hydrogen) atoms. The van der Waals surface area contributed by atoms with Crippen LogP contribution in [-0.4, -0.2) is 15.0 Å². The van der Waals surface area contributed by atoms with E-state index in [1.807, 2.05) is 110 Å². The molecule has 1 atom stereocenters. The number of allylic oxidation sites excluding steroid dienone is 1. The summed E-state index contributed by atoms with van der Waals surface area (Å²) in [7, 11) is 0. The summed E-state index contributed by atoms with van der Waals surface area (Å²) in [5.41, 5.74) is 5.49. The number of amides is 1. The molecule has 0 aliphatic carbocycles. The molecule has 6 aromatic rings. The fourth-order valence-electron chi connectivity index (χ4n) is 5.73. The molecule has 3 heterocycles. The lowest BCUT2D eigenvalue weighted by Crippen LogP contribution is -2.40. The maximum atomic E-state index is 14.2. The van der Waals surface area contributed by atoms with Gasteiger partial charge in [0, 0.05) is 39.9 Å². The third-order valence-corrected chi connectivity index (χ3v) is 9.02. The minimum atomic E-state index is -0.621. The van der Waals surface area contributed by atoms with Crippen LogP contribution in [0.25, 0.3) is 17.0 Å². The van der Waals surface area contributed by atoms with Gasteiger partial charge in [0.1, 0.15) is 0 Å². The highest BCUT2D eigenvalue weighted by molar-refractivity contribution is 7.07. The Morgan fingerprint density at radius 1 is 0.932 bits per heavy atom. The zero-order valence-corrected chi connectivity index (χ0v) is 25.3. The zero-order chi connectivity index (χ0) is 30.2. The summed E-state index contributed by atoms with van der Waals surface area (Å²) >= 11 is 7.45. The smallest absolute Gasteiger partial charge is 0.271 e. The molecule has 1 aliphatic rings. The Morgan fingerprint density at radius 2 is 1.61 bits per heavy atom. The molecule has 0 unspecified atom stereocenters. The molecule has 1 N–H and O–H groups in total. The van der Waals surface area contributed by atoms with E-state index in [-0.39, 0.29) is 11.5 Å². The van der Waals surface area contributed by atoms with Gasteiger partial charge in [0.2, 0.25) is 0 Å². The maximum Gasteiger partial charge on any atom is 0.271 e. The average molecular weight is 615 g/mol. The second kappa shape index (κ2) is 11.6. The summed E-state index contributed by atoms with van der Waals surface area (Å²) in [5, 5.41) is 4.75. The van der Waals surface area contributed by atoms with Gasteiger partial charge in [-0.2, -0.15) is 0 Å². The van der Waals surface area contributed by atoms with E-state index in [0.717, 1.165) is 27.6 Å². The first kappa shape index (κ1) is 27.8. The van der Waals surface area contributed by atoms with E-state index < -0.39 is 6.04 Å². The Labute approximate surface area is 262 Å². The molecule has 216 valence electrons. The quantitative estimate of drug-likeness (QED) is 0.232. The van der Waals surface area contributed by atoms with Crippen molar-refractivity contribution in [2.24, 2.45) is 4.99 Å². The molecule has 8 heteroatoms. The van der Waals surface area contributed by atoms with E-state index in [4.69, 9.17) is 16.6 Å². The van der Waals surface area contributed by atoms with Gasteiger partial charge in [-0.1, -0.05) is 102 Å². The molecule has 0 bridgehead atoms. The molecule has 0 saturated heterocycles. The predicted molar refractivity (Wildman–Crippen MR) is 178 cm³/mol. The van der Waals surface area contributed by atoms with Crippen LogP contribution >= 0.6 is 22.9 Å². The van der Waals surface area contributed by atoms with E-state index in [9.17, 15) is 9.59 Å². The summed E-state index contributed by atoms with van der Waals surface area (Å²) in [6.45, 7) is 2.50. The number of fused-ring (bicyclic) bond motifs is 2. The predicted octanol–water partition coefficient (Wildman–Crippen LogP) is 6.53. The lowest BCUT2D eigenvalue weighted by atomic mass is 9.95. The molecule has 6 nitrogen and oxygen atoms in total. The first-order chi connectivity index (χ1) is 21.5. The van der Waals surface area contributed by atoms with Crippen LogP contribution in [0.5, 0.6) is 0 Å². The van der Waals surface area contributed by atoms with Crippen molar-refractivity contribution in [2.45, 2.75) is 19.5 Å². The minimum Gasteiger partial charge on any atom is -0.342 e. The number of rotatable bonds is 6. The van der Waals surface area contributed by atoms with Crippen molar-refractivity contribution in [1.82, 2.24) is 9.13 Å². The minimum absolute atomic E-state index is 0.186. The SMILES string of the molecule is CC1=C(C(=O)Nc2ccccc2)[C@@H](c2ccccc2)n2c(s/c(=C\c3cn(Cc4ccc(Cl)cc4)c4ccccc34)c2=O)=N1. The van der Waals surface area contributed by atoms with Crippen LogP contribution in [-0.2, 0) is 11.3 Å². The monoisotopic (exact) mass is 614 g/mol. The molecule has 0 radical (unpaired) electrons. The van der Waals surface area contributed by atoms with Crippen molar-refractivity contribution >= 4 is 51.5 Å². The lowest BCUT2D eigenvalue weighted by Gasteiger charge is -2.25. The second-order valence-electron chi connectivity index (χ2n) is 10.7. The Kier molecular flexibility index (Phi) is 7.34. The summed E-state index contributed by atoms with van der Waals surface area (Å²) in [6, 6.07) is 34.3. The van der Waals surface area contributed by atoms with E-state index >= 15 is 0 Å². The molecule has 4 aromatic carbocycles. The highest BCUT2D eigenvalue weighted by Gasteiger charge is 2.32. The number of para-hydroxylation sites is 2. The van der Waals surface area contributed by atoms with E-state index in [1.54, 1.807) is 4.57 Å². The van der Waals surface area contributed by atoms with E-state index in [1.165, 1.54) is 11.3 Å². The number of nitrogens with zero attached hydrogens (tertiary/aromatic N) is 3. The van der Waals surface area contributed by atoms with Gasteiger partial charge in [0.15, 0.2) is 4.80 Å². The van der Waals surface area contributed by atoms with Crippen LogP contribution in [0.2, 0.25) is 5.02 Å². The molecule has 1 aliphatic heterocycles. The summed E-state index contributed by atoms with van der Waals surface area (Å²) < 4.78 is 4.40. The van der Waals surface area contributed by atoms with Gasteiger partial charge >= 0.3 is 0 Å². The van der Waals surface area contributed by atoms with Crippen LogP contribution in [0.1, 0.15) is 29.7 Å². The molecule has 1 amide bonds. The second-order valence-corrected chi connectivity index (χ2v) is 12.1. The molecule has 0 fully saturated rings. The van der Waals surface area contributed by atoms with Crippen molar-refractivity contribution in [3.63, 3.8) is 0 Å². The highest BCUT2D eigenvalue weighted by atomic mass is 35.5. The molecule has 0 spiro atoms. The first-order valence-corrected chi connectivity index (χ1v) is 15.4. The number of hydrogen-bond acceptors (Lipinski definition) is 4. The number of thiazole rings is 1. The fourth-order valence-corrected chi connectivity index (χ4v) is 6.89. The standard InChI is InChI=1S/C36H27ClN4O2S/c1-23-32(34(42)39-28-12-6-3-7-13-28)33(25-10-4-2-5-11-25)41-35(43)31(44-36(41)38-23)20-26-22-40(30-15-9-8-14-29(26)30)21-24-16-18-27(37)19-17-24/h2-20,22,33H,21H2,1H3,(H,39,42)/b31-20-/t33-/m1/s1. The van der Waals surface area contributed by atoms with Crippen LogP contribution in [0.4, 0.5) is 5.69 Å². The van der Waals surface area contributed by atoms with Crippen molar-refractivity contribution < 1.29 is 4.79 Å². The lowest BCUT2D eigenvalue weighted by molar-refractivity contribution is -0.113. The number of hydrogen-bond donors (Lipinski definition) is 1. The van der Waals surface area contributed by atoms with Gasteiger partial charge in [-0.25, -0.2) is 4.99 Å². The van der Waals surface area contributed by atoms with Gasteiger partial charge in [0.05, 0.1) is 21.8 Å². The Hall–Kier alpha value is -4.98. The van der Waals surface area contributed by atoms with Crippen LogP contribution in [0.15, 0.2) is 136 Å². The number of halogens is 1. The number of carbonyl (C=O) groups excluding carboxylic acids is 1. The first-order valence-electron chi connectivity index (χ1n) is 14.2. The number of carbonyl (C=O) groups is 1. The van der Waals surface area contributed by atoms with Crippen molar-refractivity contribution in [1.29, 1.82) is 0 Å². The summed E-state index contributed by atoms with van der Waals surface area (Å²) in [4.78, 5) is 33.3. The maximum absolute atomic E-state index is 14.2. The highest BCUT2D eigenvalue weighted by Crippen LogP contribution is 2.31. The topological polar surface area (TPSA) is 68.4 Å². The number of aromatic nitrogens is 2. The molecular formula is C36H27ClN4O2S. The van der Waals surface area contributed by atoms with Gasteiger partial charge in [-0.05, 0) is 54.5 Å². The van der Waals surface area contributed by atoms with Crippen molar-refractivity contribution in [2.75, 3.05) is 5.32 Å². The Morgan fingerprint density at radius 3 is 2.36 bits per heavy atom. The third kappa shape index (κ3) is 5.21. The van der Waals surface area contributed by atoms with Gasteiger partial charge in [-0.15, -0.1) is 0 Å². The average Bonchev–Trinajstić information content (AvgIpc) is 3.54. The van der Waals surface area contributed by atoms with Gasteiger partial charge in [0.25, 0.3) is 11.5 Å². The van der Waals surface area contributed by atoms with E-state index in [2.05, 4.69) is 28.2 Å². The zero-order valence-electron chi connectivity index (χ0n) is 23.8. The molecule has 0 saturated carbocycles. The normalized spacial score (nSPS) is 14.9. The van der Waals surface area contributed by atoms with Gasteiger partial charge in [-0.3, -0.25) is 14.2 Å². The molecule has 7 rings (SSSR count). The molecule has 2 aromatic heterocycles. The number of benzene rings is 4. The summed E-state index contributed by atoms with van der Waals surface area (Å²) in [5.74, 6) is -0.286.